The summed E-state index contributed by atoms with van der Waals surface area (Å²) >= 11 is 1.15. The fraction of sp³-hybridized carbons (Fsp3) is 0.833. The molecule has 65 valence electrons. The largest absolute Gasteiger partial charge is 0.395 e. The van der Waals surface area contributed by atoms with Gasteiger partial charge in [0.25, 0.3) is 0 Å². The third kappa shape index (κ3) is 1.86. The molecule has 0 aromatic rings. The lowest BCUT2D eigenvalue weighted by atomic mass is 10.1. The van der Waals surface area contributed by atoms with Crippen LogP contribution >= 0.6 is 11.8 Å². The lowest BCUT2D eigenvalue weighted by Gasteiger charge is -2.33. The summed E-state index contributed by atoms with van der Waals surface area (Å²) in [5.41, 5.74) is 0. The van der Waals surface area contributed by atoms with Gasteiger partial charge >= 0.3 is 0 Å². The maximum Gasteiger partial charge on any atom is 0.108 e. The highest BCUT2D eigenvalue weighted by Crippen LogP contribution is 2.29. The Morgan fingerprint density at radius 2 is 1.82 bits per heavy atom. The molecule has 1 saturated heterocycles. The summed E-state index contributed by atoms with van der Waals surface area (Å²) in [5, 5.41) is 35.5. The van der Waals surface area contributed by atoms with Gasteiger partial charge in [-0.3, -0.25) is 0 Å². The fourth-order valence-electron chi connectivity index (χ4n) is 0.915. The molecule has 0 aromatic carbocycles. The van der Waals surface area contributed by atoms with Crippen LogP contribution in [0.25, 0.3) is 0 Å². The minimum atomic E-state index is -1.17. The van der Waals surface area contributed by atoms with Gasteiger partial charge in [0.1, 0.15) is 6.10 Å². The van der Waals surface area contributed by atoms with Crippen LogP contribution in [0.4, 0.5) is 0 Å². The third-order valence-corrected chi connectivity index (χ3v) is 2.87. The van der Waals surface area contributed by atoms with Crippen LogP contribution in [0.15, 0.2) is 0 Å². The Kier molecular flexibility index (Phi) is 3.15. The second-order valence-electron chi connectivity index (χ2n) is 2.46. The van der Waals surface area contributed by atoms with Gasteiger partial charge in [0.2, 0.25) is 0 Å². The Hall–Kier alpha value is 0.190. The zero-order valence-electron chi connectivity index (χ0n) is 5.79. The van der Waals surface area contributed by atoms with Gasteiger partial charge in [-0.2, -0.15) is 0 Å². The van der Waals surface area contributed by atoms with E-state index in [2.05, 4.69) is 0 Å². The highest BCUT2D eigenvalue weighted by atomic mass is 32.2. The minimum absolute atomic E-state index is 0.202. The standard InChI is InChI=1S/C6H11O4S/c7-1-4-6(10)5(9)3(8)2-11-4/h2-10H,1H2/t3-,4+,5+,6+/m0/s1. The zero-order chi connectivity index (χ0) is 8.43. The molecule has 1 fully saturated rings. The first-order valence-corrected chi connectivity index (χ1v) is 4.25. The number of aliphatic hydroxyl groups is 4. The molecule has 0 amide bonds. The van der Waals surface area contributed by atoms with E-state index in [0.29, 0.717) is 0 Å². The number of hydrogen-bond acceptors (Lipinski definition) is 5. The molecule has 0 bridgehead atoms. The molecule has 0 spiro atoms. The Morgan fingerprint density at radius 1 is 1.18 bits per heavy atom. The van der Waals surface area contributed by atoms with Crippen LogP contribution in [0, 0.1) is 5.75 Å². The molecule has 1 heterocycles. The molecule has 1 rings (SSSR count). The van der Waals surface area contributed by atoms with E-state index in [1.165, 1.54) is 5.75 Å². The van der Waals surface area contributed by atoms with E-state index < -0.39 is 23.6 Å². The van der Waals surface area contributed by atoms with Crippen molar-refractivity contribution in [1.29, 1.82) is 0 Å². The molecule has 0 aliphatic carbocycles. The van der Waals surface area contributed by atoms with E-state index in [9.17, 15) is 5.11 Å². The molecule has 0 aromatic heterocycles. The lowest BCUT2D eigenvalue weighted by molar-refractivity contribution is -0.0526. The molecular weight excluding hydrogens is 168 g/mol. The highest BCUT2D eigenvalue weighted by molar-refractivity contribution is 8.02. The van der Waals surface area contributed by atoms with Crippen molar-refractivity contribution in [1.82, 2.24) is 0 Å². The highest BCUT2D eigenvalue weighted by Gasteiger charge is 2.36. The summed E-state index contributed by atoms with van der Waals surface area (Å²) in [6.45, 7) is -0.202. The Labute approximate surface area is 68.9 Å². The van der Waals surface area contributed by atoms with Crippen molar-refractivity contribution in [2.24, 2.45) is 0 Å². The molecule has 4 N–H and O–H groups in total. The summed E-state index contributed by atoms with van der Waals surface area (Å²) in [6.07, 6.45) is -3.23. The van der Waals surface area contributed by atoms with Gasteiger partial charge in [-0.05, 0) is 0 Å². The Bertz CT molecular complexity index is 130. The van der Waals surface area contributed by atoms with E-state index in [1.54, 1.807) is 0 Å². The van der Waals surface area contributed by atoms with Gasteiger partial charge in [0, 0.05) is 5.75 Å². The molecule has 0 saturated carbocycles. The van der Waals surface area contributed by atoms with Gasteiger partial charge in [-0.15, -0.1) is 11.8 Å². The van der Waals surface area contributed by atoms with E-state index in [-0.39, 0.29) is 6.61 Å². The van der Waals surface area contributed by atoms with Gasteiger partial charge < -0.3 is 20.4 Å². The van der Waals surface area contributed by atoms with Crippen molar-refractivity contribution in [3.05, 3.63) is 5.75 Å². The molecule has 5 heteroatoms. The fourth-order valence-corrected chi connectivity index (χ4v) is 1.85. The van der Waals surface area contributed by atoms with Crippen LogP contribution in [-0.4, -0.2) is 50.6 Å². The summed E-state index contributed by atoms with van der Waals surface area (Å²) in [6, 6.07) is 0. The third-order valence-electron chi connectivity index (χ3n) is 1.65. The predicted octanol–water partition coefficient (Wildman–Crippen LogP) is -1.66. The maximum absolute atomic E-state index is 9.20. The smallest absolute Gasteiger partial charge is 0.108 e. The second-order valence-corrected chi connectivity index (χ2v) is 3.61. The zero-order valence-corrected chi connectivity index (χ0v) is 6.61. The quantitative estimate of drug-likeness (QED) is 0.387. The average molecular weight is 179 g/mol. The molecule has 1 radical (unpaired) electrons. The topological polar surface area (TPSA) is 80.9 Å². The van der Waals surface area contributed by atoms with Crippen LogP contribution in [-0.2, 0) is 0 Å². The lowest BCUT2D eigenvalue weighted by Crippen LogP contribution is -2.48. The van der Waals surface area contributed by atoms with E-state index >= 15 is 0 Å². The number of aliphatic hydroxyl groups excluding tert-OH is 4. The van der Waals surface area contributed by atoms with E-state index in [0.717, 1.165) is 11.8 Å². The number of rotatable bonds is 1. The first-order valence-electron chi connectivity index (χ1n) is 3.30. The van der Waals surface area contributed by atoms with Crippen molar-refractivity contribution in [3.63, 3.8) is 0 Å². The van der Waals surface area contributed by atoms with Crippen molar-refractivity contribution in [2.75, 3.05) is 6.61 Å². The molecular formula is C6H11O4S. The maximum atomic E-state index is 9.20. The minimum Gasteiger partial charge on any atom is -0.395 e. The van der Waals surface area contributed by atoms with Gasteiger partial charge in [-0.1, -0.05) is 0 Å². The second kappa shape index (κ2) is 3.73. The van der Waals surface area contributed by atoms with Crippen molar-refractivity contribution in [2.45, 2.75) is 23.6 Å². The number of thioether (sulfide) groups is 1. The normalized spacial score (nSPS) is 45.8. The van der Waals surface area contributed by atoms with Crippen LogP contribution < -0.4 is 0 Å². The van der Waals surface area contributed by atoms with Gasteiger partial charge in [0.15, 0.2) is 0 Å². The summed E-state index contributed by atoms with van der Waals surface area (Å²) in [5.74, 6) is 1.41. The Morgan fingerprint density at radius 3 is 2.36 bits per heavy atom. The van der Waals surface area contributed by atoms with E-state index in [1.807, 2.05) is 0 Å². The molecule has 4 atom stereocenters. The molecule has 4 nitrogen and oxygen atoms in total. The first kappa shape index (κ1) is 9.28. The first-order chi connectivity index (χ1) is 5.16. The van der Waals surface area contributed by atoms with Crippen LogP contribution in [0.5, 0.6) is 0 Å². The van der Waals surface area contributed by atoms with E-state index in [4.69, 9.17) is 15.3 Å². The SMILES string of the molecule is OC[C@H]1S[CH][C@H](O)[C@@H](O)[C@@H]1O. The molecule has 0 unspecified atom stereocenters. The molecule has 1 aliphatic heterocycles. The van der Waals surface area contributed by atoms with Crippen molar-refractivity contribution < 1.29 is 20.4 Å². The van der Waals surface area contributed by atoms with Crippen molar-refractivity contribution >= 4 is 11.8 Å². The average Bonchev–Trinajstić information content (AvgIpc) is 2.01. The Balaban J connectivity index is 2.52. The van der Waals surface area contributed by atoms with Crippen LogP contribution in [0.2, 0.25) is 0 Å². The van der Waals surface area contributed by atoms with Crippen LogP contribution in [0.1, 0.15) is 0 Å². The predicted molar refractivity (Wildman–Crippen MR) is 40.8 cm³/mol. The molecule has 1 aliphatic rings. The summed E-state index contributed by atoms with van der Waals surface area (Å²) in [7, 11) is 0. The monoisotopic (exact) mass is 179 g/mol. The number of hydrogen-bond donors (Lipinski definition) is 4. The summed E-state index contributed by atoms with van der Waals surface area (Å²) < 4.78 is 0. The molecule has 11 heavy (non-hydrogen) atoms. The summed E-state index contributed by atoms with van der Waals surface area (Å²) in [4.78, 5) is 0. The van der Waals surface area contributed by atoms with Gasteiger partial charge in [0.05, 0.1) is 24.1 Å². The van der Waals surface area contributed by atoms with Crippen molar-refractivity contribution in [3.8, 4) is 0 Å². The van der Waals surface area contributed by atoms with Gasteiger partial charge in [-0.25, -0.2) is 0 Å². The van der Waals surface area contributed by atoms with Crippen LogP contribution in [0.3, 0.4) is 0 Å².